The lowest BCUT2D eigenvalue weighted by Crippen LogP contribution is -2.30. The van der Waals surface area contributed by atoms with E-state index in [1.807, 2.05) is 0 Å². The van der Waals surface area contributed by atoms with Crippen LogP contribution in [0, 0.1) is 0 Å². The number of ether oxygens (including phenoxy) is 3. The van der Waals surface area contributed by atoms with Crippen LogP contribution in [0.25, 0.3) is 0 Å². The van der Waals surface area contributed by atoms with Crippen molar-refractivity contribution in [3.8, 4) is 0 Å². The van der Waals surface area contributed by atoms with Gasteiger partial charge in [0.15, 0.2) is 6.10 Å². The molecule has 1 atom stereocenters. The fourth-order valence-electron chi connectivity index (χ4n) is 8.30. The van der Waals surface area contributed by atoms with Gasteiger partial charge in [-0.25, -0.2) is 0 Å². The van der Waals surface area contributed by atoms with Crippen LogP contribution >= 0.6 is 0 Å². The van der Waals surface area contributed by atoms with Gasteiger partial charge in [-0.15, -0.1) is 0 Å². The van der Waals surface area contributed by atoms with Gasteiger partial charge >= 0.3 is 17.9 Å². The molecule has 0 N–H and O–H groups in total. The lowest BCUT2D eigenvalue weighted by atomic mass is 10.0. The standard InChI is InChI=1S/C62H110O6/c1-4-7-10-13-16-18-20-22-24-25-26-27-28-29-30-31-32-33-34-35-36-37-39-40-42-44-46-49-52-55-61(64)67-58-59(57-66-60(63)54-51-48-15-12-9-6-3)68-62(65)56-53-50-47-45-43-41-38-23-21-19-17-14-11-8-5-2/h17,19-20,22-23,25-26,28-29,38,59H,4-16,18,21,24,27,30-37,39-58H2,1-3H3/b19-17-,22-20-,26-25-,29-28-,38-23-. The first-order valence-corrected chi connectivity index (χ1v) is 29.3. The second kappa shape index (κ2) is 56.7. The monoisotopic (exact) mass is 951 g/mol. The Balaban J connectivity index is 4.05. The van der Waals surface area contributed by atoms with E-state index < -0.39 is 6.10 Å². The molecule has 1 unspecified atom stereocenters. The molecule has 6 nitrogen and oxygen atoms in total. The molecule has 68 heavy (non-hydrogen) atoms. The molecule has 0 aliphatic heterocycles. The Kier molecular flexibility index (Phi) is 54.3. The number of hydrogen-bond donors (Lipinski definition) is 0. The first-order valence-electron chi connectivity index (χ1n) is 29.3. The zero-order valence-corrected chi connectivity index (χ0v) is 45.1. The van der Waals surface area contributed by atoms with Crippen LogP contribution in [0.15, 0.2) is 60.8 Å². The van der Waals surface area contributed by atoms with E-state index in [-0.39, 0.29) is 31.1 Å². The van der Waals surface area contributed by atoms with E-state index in [4.69, 9.17) is 14.2 Å². The highest BCUT2D eigenvalue weighted by atomic mass is 16.6. The summed E-state index contributed by atoms with van der Waals surface area (Å²) >= 11 is 0. The van der Waals surface area contributed by atoms with Gasteiger partial charge in [0.05, 0.1) is 0 Å². The fraction of sp³-hybridized carbons (Fsp3) is 0.790. The zero-order valence-electron chi connectivity index (χ0n) is 45.1. The molecule has 0 spiro atoms. The van der Waals surface area contributed by atoms with Crippen molar-refractivity contribution >= 4 is 17.9 Å². The van der Waals surface area contributed by atoms with Crippen LogP contribution in [0.1, 0.15) is 297 Å². The van der Waals surface area contributed by atoms with Crippen LogP contribution in [0.2, 0.25) is 0 Å². The number of allylic oxidation sites excluding steroid dienone is 10. The molecule has 0 bridgehead atoms. The van der Waals surface area contributed by atoms with Crippen LogP contribution in [-0.2, 0) is 28.6 Å². The molecular formula is C62H110O6. The van der Waals surface area contributed by atoms with Crippen LogP contribution in [-0.4, -0.2) is 37.2 Å². The van der Waals surface area contributed by atoms with E-state index in [0.717, 1.165) is 96.3 Å². The maximum atomic E-state index is 12.8. The Bertz CT molecular complexity index is 1230. The van der Waals surface area contributed by atoms with Crippen molar-refractivity contribution in [2.45, 2.75) is 303 Å². The first-order chi connectivity index (χ1) is 33.5. The highest BCUT2D eigenvalue weighted by molar-refractivity contribution is 5.71. The third-order valence-electron chi connectivity index (χ3n) is 12.7. The molecule has 0 radical (unpaired) electrons. The van der Waals surface area contributed by atoms with Crippen LogP contribution in [0.4, 0.5) is 0 Å². The van der Waals surface area contributed by atoms with Gasteiger partial charge in [-0.2, -0.15) is 0 Å². The Morgan fingerprint density at radius 3 is 0.853 bits per heavy atom. The minimum absolute atomic E-state index is 0.0784. The first kappa shape index (κ1) is 65.1. The average Bonchev–Trinajstić information content (AvgIpc) is 3.34. The van der Waals surface area contributed by atoms with Gasteiger partial charge in [0, 0.05) is 19.3 Å². The number of carbonyl (C=O) groups is 3. The van der Waals surface area contributed by atoms with Gasteiger partial charge in [0.1, 0.15) is 13.2 Å². The van der Waals surface area contributed by atoms with E-state index in [2.05, 4.69) is 81.5 Å². The molecule has 0 amide bonds. The van der Waals surface area contributed by atoms with Crippen molar-refractivity contribution < 1.29 is 28.6 Å². The summed E-state index contributed by atoms with van der Waals surface area (Å²) in [5.74, 6) is -0.894. The van der Waals surface area contributed by atoms with E-state index >= 15 is 0 Å². The molecule has 0 fully saturated rings. The second-order valence-corrected chi connectivity index (χ2v) is 19.6. The average molecular weight is 952 g/mol. The van der Waals surface area contributed by atoms with E-state index in [1.165, 1.54) is 161 Å². The quantitative estimate of drug-likeness (QED) is 0.0262. The minimum atomic E-state index is -0.777. The lowest BCUT2D eigenvalue weighted by Gasteiger charge is -2.18. The van der Waals surface area contributed by atoms with E-state index in [1.54, 1.807) is 0 Å². The number of esters is 3. The minimum Gasteiger partial charge on any atom is -0.462 e. The van der Waals surface area contributed by atoms with Crippen molar-refractivity contribution in [2.24, 2.45) is 0 Å². The van der Waals surface area contributed by atoms with Gasteiger partial charge in [0.25, 0.3) is 0 Å². The summed E-state index contributed by atoms with van der Waals surface area (Å²) in [6, 6.07) is 0. The molecule has 0 rings (SSSR count). The van der Waals surface area contributed by atoms with Gasteiger partial charge < -0.3 is 14.2 Å². The summed E-state index contributed by atoms with van der Waals surface area (Å²) < 4.78 is 16.7. The molecule has 0 aliphatic rings. The van der Waals surface area contributed by atoms with Crippen molar-refractivity contribution in [3.05, 3.63) is 60.8 Å². The molecule has 0 aromatic rings. The van der Waals surface area contributed by atoms with Crippen molar-refractivity contribution in [1.82, 2.24) is 0 Å². The Labute approximate surface area is 421 Å². The normalized spacial score (nSPS) is 12.5. The molecule has 0 aromatic heterocycles. The van der Waals surface area contributed by atoms with Crippen LogP contribution < -0.4 is 0 Å². The summed E-state index contributed by atoms with van der Waals surface area (Å²) in [6.07, 6.45) is 71.1. The van der Waals surface area contributed by atoms with E-state index in [9.17, 15) is 14.4 Å². The van der Waals surface area contributed by atoms with Crippen LogP contribution in [0.3, 0.4) is 0 Å². The largest absolute Gasteiger partial charge is 0.462 e. The second-order valence-electron chi connectivity index (χ2n) is 19.6. The topological polar surface area (TPSA) is 78.9 Å². The maximum Gasteiger partial charge on any atom is 0.306 e. The molecular weight excluding hydrogens is 841 g/mol. The highest BCUT2D eigenvalue weighted by Gasteiger charge is 2.19. The maximum absolute atomic E-state index is 12.8. The molecule has 0 heterocycles. The summed E-state index contributed by atoms with van der Waals surface area (Å²) in [7, 11) is 0. The summed E-state index contributed by atoms with van der Waals surface area (Å²) in [4.78, 5) is 37.8. The van der Waals surface area contributed by atoms with Gasteiger partial charge in [-0.3, -0.25) is 14.4 Å². The molecule has 0 aromatic carbocycles. The predicted octanol–water partition coefficient (Wildman–Crippen LogP) is 19.6. The van der Waals surface area contributed by atoms with Crippen LogP contribution in [0.5, 0.6) is 0 Å². The molecule has 394 valence electrons. The molecule has 0 aliphatic carbocycles. The summed E-state index contributed by atoms with van der Waals surface area (Å²) in [5.41, 5.74) is 0. The van der Waals surface area contributed by atoms with Gasteiger partial charge in [-0.05, 0) is 89.9 Å². The fourth-order valence-corrected chi connectivity index (χ4v) is 8.30. The van der Waals surface area contributed by atoms with Gasteiger partial charge in [-0.1, -0.05) is 248 Å². The number of unbranched alkanes of at least 4 members (excludes halogenated alkanes) is 32. The number of rotatable bonds is 53. The van der Waals surface area contributed by atoms with Crippen molar-refractivity contribution in [1.29, 1.82) is 0 Å². The SMILES string of the molecule is CCCCC/C=C\C/C=C\CCCCCCCC(=O)OC(COC(=O)CCCCCCCC)COC(=O)CCCCCCCCCCCCCCCC/C=C\C/C=C\C/C=C\CCCCCCC. The van der Waals surface area contributed by atoms with E-state index in [0.29, 0.717) is 19.3 Å². The van der Waals surface area contributed by atoms with Crippen molar-refractivity contribution in [3.63, 3.8) is 0 Å². The zero-order chi connectivity index (χ0) is 49.3. The summed E-state index contributed by atoms with van der Waals surface area (Å²) in [6.45, 7) is 6.55. The molecule has 6 heteroatoms. The molecule has 0 saturated carbocycles. The van der Waals surface area contributed by atoms with Crippen molar-refractivity contribution in [2.75, 3.05) is 13.2 Å². The Morgan fingerprint density at radius 2 is 0.529 bits per heavy atom. The number of carbonyl (C=O) groups excluding carboxylic acids is 3. The Hall–Kier alpha value is -2.89. The Morgan fingerprint density at radius 1 is 0.294 bits per heavy atom. The highest BCUT2D eigenvalue weighted by Crippen LogP contribution is 2.16. The molecule has 0 saturated heterocycles. The third-order valence-corrected chi connectivity index (χ3v) is 12.7. The summed E-state index contributed by atoms with van der Waals surface area (Å²) in [5, 5.41) is 0. The lowest BCUT2D eigenvalue weighted by molar-refractivity contribution is -0.167. The predicted molar refractivity (Wildman–Crippen MR) is 293 cm³/mol. The number of hydrogen-bond acceptors (Lipinski definition) is 6. The van der Waals surface area contributed by atoms with Gasteiger partial charge in [0.2, 0.25) is 0 Å². The third kappa shape index (κ3) is 54.1. The smallest absolute Gasteiger partial charge is 0.306 e.